The summed E-state index contributed by atoms with van der Waals surface area (Å²) in [7, 11) is 0. The Morgan fingerprint density at radius 2 is 2.00 bits per heavy atom. The first-order valence-corrected chi connectivity index (χ1v) is 8.76. The highest BCUT2D eigenvalue weighted by molar-refractivity contribution is 5.24. The molecular formula is C19H27N3O. The Hall–Kier alpha value is -1.68. The lowest BCUT2D eigenvalue weighted by Gasteiger charge is -2.33. The number of nitrogens with zero attached hydrogens (tertiary/aromatic N) is 3. The van der Waals surface area contributed by atoms with Gasteiger partial charge < -0.3 is 4.52 Å². The number of rotatable bonds is 5. The van der Waals surface area contributed by atoms with Crippen LogP contribution in [0.25, 0.3) is 0 Å². The predicted octanol–water partition coefficient (Wildman–Crippen LogP) is 4.27. The van der Waals surface area contributed by atoms with Crippen LogP contribution >= 0.6 is 0 Å². The maximum atomic E-state index is 5.43. The third-order valence-electron chi connectivity index (χ3n) is 4.78. The first-order chi connectivity index (χ1) is 11.1. The van der Waals surface area contributed by atoms with E-state index in [1.807, 2.05) is 6.92 Å². The predicted molar refractivity (Wildman–Crippen MR) is 91.4 cm³/mol. The van der Waals surface area contributed by atoms with Crippen molar-refractivity contribution in [2.24, 2.45) is 0 Å². The summed E-state index contributed by atoms with van der Waals surface area (Å²) in [6.45, 7) is 8.53. The highest BCUT2D eigenvalue weighted by Gasteiger charge is 2.28. The van der Waals surface area contributed by atoms with Gasteiger partial charge in [0.1, 0.15) is 0 Å². The average Bonchev–Trinajstić information content (AvgIpc) is 3.00. The molecule has 1 aliphatic heterocycles. The van der Waals surface area contributed by atoms with E-state index in [1.54, 1.807) is 0 Å². The van der Waals surface area contributed by atoms with E-state index in [0.29, 0.717) is 12.0 Å². The maximum Gasteiger partial charge on any atom is 0.243 e. The summed E-state index contributed by atoms with van der Waals surface area (Å²) in [4.78, 5) is 6.96. The van der Waals surface area contributed by atoms with Gasteiger partial charge in [0.2, 0.25) is 5.89 Å². The minimum absolute atomic E-state index is 0.292. The van der Waals surface area contributed by atoms with Crippen molar-refractivity contribution in [3.8, 4) is 0 Å². The standard InChI is InChI=1S/C19H27N3O/c1-14(2)17-9-7-16(8-10-17)11-13-22-12-5-4-6-18(22)19-20-15(3)21-23-19/h7-10,14,18H,4-6,11-13H2,1-3H3. The van der Waals surface area contributed by atoms with Crippen LogP contribution in [0.3, 0.4) is 0 Å². The third-order valence-corrected chi connectivity index (χ3v) is 4.78. The zero-order valence-corrected chi connectivity index (χ0v) is 14.5. The molecule has 2 heterocycles. The van der Waals surface area contributed by atoms with Gasteiger partial charge >= 0.3 is 0 Å². The second-order valence-electron chi connectivity index (χ2n) is 6.87. The number of aryl methyl sites for hydroxylation is 1. The van der Waals surface area contributed by atoms with E-state index in [1.165, 1.54) is 24.0 Å². The van der Waals surface area contributed by atoms with Crippen molar-refractivity contribution in [2.45, 2.75) is 58.4 Å². The average molecular weight is 313 g/mol. The van der Waals surface area contributed by atoms with Crippen LogP contribution in [0.2, 0.25) is 0 Å². The highest BCUT2D eigenvalue weighted by atomic mass is 16.5. The Kier molecular flexibility index (Phi) is 5.11. The van der Waals surface area contributed by atoms with Gasteiger partial charge in [0, 0.05) is 6.54 Å². The van der Waals surface area contributed by atoms with Crippen molar-refractivity contribution in [2.75, 3.05) is 13.1 Å². The van der Waals surface area contributed by atoms with Crippen LogP contribution in [0, 0.1) is 6.92 Å². The van der Waals surface area contributed by atoms with Gasteiger partial charge in [-0.05, 0) is 49.8 Å². The van der Waals surface area contributed by atoms with Crippen molar-refractivity contribution >= 4 is 0 Å². The molecule has 0 radical (unpaired) electrons. The molecule has 124 valence electrons. The normalized spacial score (nSPS) is 19.4. The van der Waals surface area contributed by atoms with E-state index in [-0.39, 0.29) is 0 Å². The summed E-state index contributed by atoms with van der Waals surface area (Å²) in [5.74, 6) is 2.11. The van der Waals surface area contributed by atoms with Gasteiger partial charge in [-0.2, -0.15) is 4.98 Å². The van der Waals surface area contributed by atoms with Crippen LogP contribution in [-0.2, 0) is 6.42 Å². The molecule has 0 aliphatic carbocycles. The quantitative estimate of drug-likeness (QED) is 0.826. The Labute approximate surface area is 138 Å². The van der Waals surface area contributed by atoms with Crippen LogP contribution in [0.15, 0.2) is 28.8 Å². The lowest BCUT2D eigenvalue weighted by molar-refractivity contribution is 0.120. The maximum absolute atomic E-state index is 5.43. The van der Waals surface area contributed by atoms with Crippen molar-refractivity contribution < 1.29 is 4.52 Å². The first kappa shape index (κ1) is 16.2. The fraction of sp³-hybridized carbons (Fsp3) is 0.579. The monoisotopic (exact) mass is 313 g/mol. The summed E-state index contributed by atoms with van der Waals surface area (Å²) in [5.41, 5.74) is 2.81. The fourth-order valence-electron chi connectivity index (χ4n) is 3.33. The first-order valence-electron chi connectivity index (χ1n) is 8.76. The molecule has 0 saturated carbocycles. The number of piperidine rings is 1. The van der Waals surface area contributed by atoms with Crippen molar-refractivity contribution in [3.05, 3.63) is 47.1 Å². The summed E-state index contributed by atoms with van der Waals surface area (Å²) < 4.78 is 5.43. The minimum Gasteiger partial charge on any atom is -0.338 e. The van der Waals surface area contributed by atoms with E-state index in [2.05, 4.69) is 53.2 Å². The van der Waals surface area contributed by atoms with Gasteiger partial charge in [-0.1, -0.05) is 49.7 Å². The zero-order valence-electron chi connectivity index (χ0n) is 14.5. The van der Waals surface area contributed by atoms with Gasteiger partial charge in [0.25, 0.3) is 0 Å². The summed E-state index contributed by atoms with van der Waals surface area (Å²) in [5, 5.41) is 3.96. The molecule has 4 nitrogen and oxygen atoms in total. The van der Waals surface area contributed by atoms with E-state index in [9.17, 15) is 0 Å². The molecule has 2 aromatic rings. The smallest absolute Gasteiger partial charge is 0.243 e. The number of likely N-dealkylation sites (tertiary alicyclic amines) is 1. The van der Waals surface area contributed by atoms with Crippen LogP contribution in [0.5, 0.6) is 0 Å². The number of aromatic nitrogens is 2. The highest BCUT2D eigenvalue weighted by Crippen LogP contribution is 2.30. The number of hydrogen-bond acceptors (Lipinski definition) is 4. The molecule has 1 fully saturated rings. The molecule has 1 aromatic carbocycles. The molecule has 0 N–H and O–H groups in total. The zero-order chi connectivity index (χ0) is 16.2. The largest absolute Gasteiger partial charge is 0.338 e. The second-order valence-corrected chi connectivity index (χ2v) is 6.87. The van der Waals surface area contributed by atoms with Crippen molar-refractivity contribution in [3.63, 3.8) is 0 Å². The van der Waals surface area contributed by atoms with Gasteiger partial charge in [0.15, 0.2) is 5.82 Å². The Bertz CT molecular complexity index is 618. The molecule has 1 unspecified atom stereocenters. The van der Waals surface area contributed by atoms with Crippen LogP contribution < -0.4 is 0 Å². The molecule has 1 saturated heterocycles. The molecule has 1 aliphatic rings. The molecule has 0 spiro atoms. The van der Waals surface area contributed by atoms with Gasteiger partial charge in [0.05, 0.1) is 6.04 Å². The third kappa shape index (κ3) is 3.99. The molecule has 0 amide bonds. The summed E-state index contributed by atoms with van der Waals surface area (Å²) in [6.07, 6.45) is 4.69. The van der Waals surface area contributed by atoms with Gasteiger partial charge in [-0.25, -0.2) is 0 Å². The Balaban J connectivity index is 1.63. The molecule has 23 heavy (non-hydrogen) atoms. The lowest BCUT2D eigenvalue weighted by Crippen LogP contribution is -2.35. The summed E-state index contributed by atoms with van der Waals surface area (Å²) in [6, 6.07) is 9.35. The van der Waals surface area contributed by atoms with Crippen LogP contribution in [0.1, 0.15) is 67.9 Å². The Morgan fingerprint density at radius 1 is 1.22 bits per heavy atom. The van der Waals surface area contributed by atoms with Gasteiger partial charge in [-0.3, -0.25) is 4.90 Å². The van der Waals surface area contributed by atoms with Crippen molar-refractivity contribution in [1.82, 2.24) is 15.0 Å². The van der Waals surface area contributed by atoms with E-state index in [4.69, 9.17) is 4.52 Å². The molecule has 3 rings (SSSR count). The minimum atomic E-state index is 0.292. The van der Waals surface area contributed by atoms with E-state index < -0.39 is 0 Å². The lowest BCUT2D eigenvalue weighted by atomic mass is 9.99. The van der Waals surface area contributed by atoms with Crippen LogP contribution in [-0.4, -0.2) is 28.1 Å². The molecule has 4 heteroatoms. The fourth-order valence-corrected chi connectivity index (χ4v) is 3.33. The van der Waals surface area contributed by atoms with Crippen molar-refractivity contribution in [1.29, 1.82) is 0 Å². The number of hydrogen-bond donors (Lipinski definition) is 0. The van der Waals surface area contributed by atoms with Gasteiger partial charge in [-0.15, -0.1) is 0 Å². The second kappa shape index (κ2) is 7.26. The SMILES string of the molecule is Cc1noc(C2CCCCN2CCc2ccc(C(C)C)cc2)n1. The van der Waals surface area contributed by atoms with E-state index >= 15 is 0 Å². The topological polar surface area (TPSA) is 42.2 Å². The molecule has 1 aromatic heterocycles. The van der Waals surface area contributed by atoms with E-state index in [0.717, 1.165) is 37.6 Å². The van der Waals surface area contributed by atoms with Crippen LogP contribution in [0.4, 0.5) is 0 Å². The summed E-state index contributed by atoms with van der Waals surface area (Å²) >= 11 is 0. The molecule has 0 bridgehead atoms. The molecular weight excluding hydrogens is 286 g/mol. The molecule has 1 atom stereocenters. The Morgan fingerprint density at radius 3 is 2.65 bits per heavy atom. The number of benzene rings is 1.